The third-order valence-electron chi connectivity index (χ3n) is 3.41. The smallest absolute Gasteiger partial charge is 0.221 e. The first kappa shape index (κ1) is 12.4. The number of nitrogens with zero attached hydrogens (tertiary/aromatic N) is 2. The molecule has 0 bridgehead atoms. The molecule has 1 aromatic heterocycles. The number of alkyl halides is 1. The zero-order valence-electron chi connectivity index (χ0n) is 10.2. The van der Waals surface area contributed by atoms with Crippen LogP contribution in [0.4, 0.5) is 5.82 Å². The fraction of sp³-hybridized carbons (Fsp3) is 0.667. The summed E-state index contributed by atoms with van der Waals surface area (Å²) in [5, 5.41) is 3.47. The number of methoxy groups -OCH3 is 1. The van der Waals surface area contributed by atoms with Crippen LogP contribution < -0.4 is 10.1 Å². The van der Waals surface area contributed by atoms with Crippen LogP contribution in [-0.4, -0.2) is 29.0 Å². The average molecular weight is 256 g/mol. The Morgan fingerprint density at radius 1 is 1.47 bits per heavy atom. The van der Waals surface area contributed by atoms with E-state index >= 15 is 0 Å². The fourth-order valence-corrected chi connectivity index (χ4v) is 2.74. The Morgan fingerprint density at radius 3 is 3.00 bits per heavy atom. The molecule has 4 nitrogen and oxygen atoms in total. The monoisotopic (exact) mass is 255 g/mol. The first-order chi connectivity index (χ1) is 8.26. The van der Waals surface area contributed by atoms with E-state index in [1.54, 1.807) is 7.11 Å². The molecule has 17 heavy (non-hydrogen) atoms. The Morgan fingerprint density at radius 2 is 2.29 bits per heavy atom. The normalized spacial score (nSPS) is 23.7. The van der Waals surface area contributed by atoms with Crippen molar-refractivity contribution in [2.24, 2.45) is 5.92 Å². The Bertz CT molecular complexity index is 386. The number of rotatable bonds is 4. The van der Waals surface area contributed by atoms with E-state index in [-0.39, 0.29) is 0 Å². The quantitative estimate of drug-likeness (QED) is 0.841. The lowest BCUT2D eigenvalue weighted by Crippen LogP contribution is -2.26. The van der Waals surface area contributed by atoms with Crippen molar-refractivity contribution in [2.75, 3.05) is 18.3 Å². The summed E-state index contributed by atoms with van der Waals surface area (Å²) in [4.78, 5) is 8.35. The summed E-state index contributed by atoms with van der Waals surface area (Å²) in [6.07, 6.45) is 5.11. The van der Waals surface area contributed by atoms with Crippen molar-refractivity contribution in [3.63, 3.8) is 0 Å². The molecular formula is C12H18ClN3O. The average Bonchev–Trinajstić information content (AvgIpc) is 2.79. The van der Waals surface area contributed by atoms with Crippen LogP contribution in [0.5, 0.6) is 5.88 Å². The van der Waals surface area contributed by atoms with Gasteiger partial charge in [0, 0.05) is 11.9 Å². The summed E-state index contributed by atoms with van der Waals surface area (Å²) in [7, 11) is 1.62. The van der Waals surface area contributed by atoms with Crippen LogP contribution in [0.2, 0.25) is 0 Å². The standard InChI is InChI=1S/C12H18ClN3O/c1-8-11(14-7-15-12(8)17-2)16-10-5-3-4-9(10)6-13/h7,9-10H,3-6H2,1-2H3,(H,14,15,16). The molecule has 1 aliphatic rings. The minimum absolute atomic E-state index is 0.422. The molecule has 0 amide bonds. The van der Waals surface area contributed by atoms with E-state index in [0.29, 0.717) is 23.7 Å². The van der Waals surface area contributed by atoms with Gasteiger partial charge in [0.25, 0.3) is 0 Å². The molecule has 1 aliphatic carbocycles. The van der Waals surface area contributed by atoms with Crippen LogP contribution in [-0.2, 0) is 0 Å². The first-order valence-electron chi connectivity index (χ1n) is 5.94. The van der Waals surface area contributed by atoms with E-state index in [9.17, 15) is 0 Å². The molecule has 1 fully saturated rings. The number of aromatic nitrogens is 2. The zero-order chi connectivity index (χ0) is 12.3. The van der Waals surface area contributed by atoms with Crippen LogP contribution in [0.1, 0.15) is 24.8 Å². The predicted octanol–water partition coefficient (Wildman–Crippen LogP) is 2.61. The van der Waals surface area contributed by atoms with Gasteiger partial charge in [0.1, 0.15) is 12.1 Å². The number of anilines is 1. The Labute approximate surface area is 107 Å². The molecule has 94 valence electrons. The van der Waals surface area contributed by atoms with Crippen molar-refractivity contribution < 1.29 is 4.74 Å². The highest BCUT2D eigenvalue weighted by atomic mass is 35.5. The third kappa shape index (κ3) is 2.63. The van der Waals surface area contributed by atoms with E-state index < -0.39 is 0 Å². The van der Waals surface area contributed by atoms with E-state index in [0.717, 1.165) is 17.8 Å². The number of hydrogen-bond acceptors (Lipinski definition) is 4. The summed E-state index contributed by atoms with van der Waals surface area (Å²) < 4.78 is 5.19. The van der Waals surface area contributed by atoms with Gasteiger partial charge in [0.05, 0.1) is 12.7 Å². The molecule has 1 heterocycles. The second-order valence-corrected chi connectivity index (χ2v) is 4.76. The largest absolute Gasteiger partial charge is 0.481 e. The molecule has 2 unspecified atom stereocenters. The maximum absolute atomic E-state index is 5.97. The molecule has 0 saturated heterocycles. The Hall–Kier alpha value is -1.03. The summed E-state index contributed by atoms with van der Waals surface area (Å²) in [5.41, 5.74) is 0.954. The van der Waals surface area contributed by atoms with Crippen molar-refractivity contribution in [3.05, 3.63) is 11.9 Å². The van der Waals surface area contributed by atoms with E-state index in [4.69, 9.17) is 16.3 Å². The topological polar surface area (TPSA) is 47.0 Å². The summed E-state index contributed by atoms with van der Waals surface area (Å²) >= 11 is 5.97. The van der Waals surface area contributed by atoms with Gasteiger partial charge >= 0.3 is 0 Å². The highest BCUT2D eigenvalue weighted by molar-refractivity contribution is 6.18. The highest BCUT2D eigenvalue weighted by Gasteiger charge is 2.27. The van der Waals surface area contributed by atoms with E-state index in [2.05, 4.69) is 15.3 Å². The predicted molar refractivity (Wildman–Crippen MR) is 68.8 cm³/mol. The number of hydrogen-bond donors (Lipinski definition) is 1. The van der Waals surface area contributed by atoms with Gasteiger partial charge in [0.15, 0.2) is 0 Å². The third-order valence-corrected chi connectivity index (χ3v) is 3.81. The van der Waals surface area contributed by atoms with Crippen molar-refractivity contribution in [2.45, 2.75) is 32.2 Å². The maximum atomic E-state index is 5.97. The molecule has 5 heteroatoms. The van der Waals surface area contributed by atoms with E-state index in [1.807, 2.05) is 6.92 Å². The van der Waals surface area contributed by atoms with Gasteiger partial charge in [-0.05, 0) is 25.7 Å². The molecule has 1 aromatic rings. The highest BCUT2D eigenvalue weighted by Crippen LogP contribution is 2.30. The molecular weight excluding hydrogens is 238 g/mol. The summed E-state index contributed by atoms with van der Waals surface area (Å²) in [6, 6.07) is 0.422. The van der Waals surface area contributed by atoms with Gasteiger partial charge in [-0.2, -0.15) is 0 Å². The van der Waals surface area contributed by atoms with Crippen molar-refractivity contribution in [1.29, 1.82) is 0 Å². The minimum Gasteiger partial charge on any atom is -0.481 e. The van der Waals surface area contributed by atoms with Crippen LogP contribution >= 0.6 is 11.6 Å². The molecule has 0 spiro atoms. The van der Waals surface area contributed by atoms with Gasteiger partial charge in [-0.25, -0.2) is 9.97 Å². The number of halogens is 1. The lowest BCUT2D eigenvalue weighted by Gasteiger charge is -2.20. The molecule has 1 N–H and O–H groups in total. The van der Waals surface area contributed by atoms with Crippen molar-refractivity contribution >= 4 is 17.4 Å². The van der Waals surface area contributed by atoms with Crippen molar-refractivity contribution in [1.82, 2.24) is 9.97 Å². The van der Waals surface area contributed by atoms with Crippen LogP contribution in [0.25, 0.3) is 0 Å². The van der Waals surface area contributed by atoms with Crippen LogP contribution in [0.3, 0.4) is 0 Å². The number of ether oxygens (including phenoxy) is 1. The lowest BCUT2D eigenvalue weighted by atomic mass is 10.1. The molecule has 2 rings (SSSR count). The summed E-state index contributed by atoms with van der Waals surface area (Å²) in [5.74, 6) is 2.73. The Kier molecular flexibility index (Phi) is 4.05. The van der Waals surface area contributed by atoms with Crippen molar-refractivity contribution in [3.8, 4) is 5.88 Å². The maximum Gasteiger partial charge on any atom is 0.221 e. The zero-order valence-corrected chi connectivity index (χ0v) is 11.0. The fourth-order valence-electron chi connectivity index (χ4n) is 2.37. The van der Waals surface area contributed by atoms with E-state index in [1.165, 1.54) is 19.2 Å². The van der Waals surface area contributed by atoms with Gasteiger partial charge < -0.3 is 10.1 Å². The Balaban J connectivity index is 2.13. The molecule has 2 atom stereocenters. The van der Waals surface area contributed by atoms with Gasteiger partial charge in [-0.15, -0.1) is 11.6 Å². The summed E-state index contributed by atoms with van der Waals surface area (Å²) in [6.45, 7) is 1.96. The second kappa shape index (κ2) is 5.54. The first-order valence-corrected chi connectivity index (χ1v) is 6.47. The van der Waals surface area contributed by atoms with Gasteiger partial charge in [-0.1, -0.05) is 6.42 Å². The molecule has 1 saturated carbocycles. The molecule has 0 aromatic carbocycles. The van der Waals surface area contributed by atoms with Gasteiger partial charge in [0.2, 0.25) is 5.88 Å². The molecule has 0 radical (unpaired) electrons. The van der Waals surface area contributed by atoms with Crippen LogP contribution in [0, 0.1) is 12.8 Å². The molecule has 0 aliphatic heterocycles. The van der Waals surface area contributed by atoms with Crippen LogP contribution in [0.15, 0.2) is 6.33 Å². The van der Waals surface area contributed by atoms with Gasteiger partial charge in [-0.3, -0.25) is 0 Å². The lowest BCUT2D eigenvalue weighted by molar-refractivity contribution is 0.393. The minimum atomic E-state index is 0.422. The second-order valence-electron chi connectivity index (χ2n) is 4.45. The SMILES string of the molecule is COc1ncnc(NC2CCCC2CCl)c1C. The number of nitrogens with one attached hydrogen (secondary N) is 1.